The summed E-state index contributed by atoms with van der Waals surface area (Å²) in [5, 5.41) is 7.18. The van der Waals surface area contributed by atoms with Crippen LogP contribution in [0.2, 0.25) is 0 Å². The average Bonchev–Trinajstić information content (AvgIpc) is 1.87. The van der Waals surface area contributed by atoms with Gasteiger partial charge in [0.05, 0.1) is 0 Å². The Morgan fingerprint density at radius 3 is 2.71 bits per heavy atom. The van der Waals surface area contributed by atoms with E-state index in [1.165, 1.54) is 0 Å². The third-order valence-corrected chi connectivity index (χ3v) is 1.04. The molecule has 2 N–H and O–H groups in total. The largest absolute Gasteiger partial charge is 0.382 e. The van der Waals surface area contributed by atoms with Crippen molar-refractivity contribution in [1.29, 1.82) is 0 Å². The first kappa shape index (κ1) is 4.77. The van der Waals surface area contributed by atoms with E-state index in [4.69, 9.17) is 5.73 Å². The summed E-state index contributed by atoms with van der Waals surface area (Å²) in [6.07, 6.45) is 1.72. The molecule has 0 saturated carbocycles. The minimum absolute atomic E-state index is 0.00694. The second kappa shape index (κ2) is 1.61. The van der Waals surface area contributed by atoms with Crippen LogP contribution in [0.4, 0.5) is 0 Å². The molecule has 0 aromatic carbocycles. The Hall–Kier alpha value is -0.380. The molecule has 0 saturated heterocycles. The van der Waals surface area contributed by atoms with Crippen molar-refractivity contribution in [1.82, 2.24) is 0 Å². The van der Waals surface area contributed by atoms with Gasteiger partial charge in [0, 0.05) is 0 Å². The van der Waals surface area contributed by atoms with E-state index in [2.05, 4.69) is 26.2 Å². The van der Waals surface area contributed by atoms with Crippen LogP contribution in [0.15, 0.2) is 22.1 Å². The zero-order chi connectivity index (χ0) is 5.28. The molecule has 0 spiro atoms. The lowest BCUT2D eigenvalue weighted by molar-refractivity contribution is 1.06. The molecule has 0 aromatic heterocycles. The van der Waals surface area contributed by atoms with Crippen molar-refractivity contribution >= 4 is 15.9 Å². The second-order valence-corrected chi connectivity index (χ2v) is 2.12. The molecule has 0 unspecified atom stereocenters. The molecule has 0 aromatic rings. The summed E-state index contributed by atoms with van der Waals surface area (Å²) in [4.78, 5) is 0.00694. The molecule has 7 heavy (non-hydrogen) atoms. The van der Waals surface area contributed by atoms with Gasteiger partial charge in [-0.2, -0.15) is 5.11 Å². The fraction of sp³-hybridized carbons (Fsp3) is 0.333. The van der Waals surface area contributed by atoms with Crippen LogP contribution in [0.5, 0.6) is 0 Å². The van der Waals surface area contributed by atoms with Gasteiger partial charge in [0.25, 0.3) is 0 Å². The first-order valence-corrected chi connectivity index (χ1v) is 2.73. The van der Waals surface area contributed by atoms with Crippen molar-refractivity contribution in [3.63, 3.8) is 0 Å². The number of hydrogen-bond acceptors (Lipinski definition) is 3. The maximum Gasteiger partial charge on any atom is 0.148 e. The Kier molecular flexibility index (Phi) is 1.10. The topological polar surface area (TPSA) is 50.7 Å². The molecule has 1 aliphatic heterocycles. The molecule has 1 rings (SSSR count). The van der Waals surface area contributed by atoms with Crippen LogP contribution in [0.1, 0.15) is 0 Å². The molecule has 1 atom stereocenters. The first-order valence-electron chi connectivity index (χ1n) is 1.81. The van der Waals surface area contributed by atoms with Crippen LogP contribution in [0.3, 0.4) is 0 Å². The molecule has 4 heteroatoms. The van der Waals surface area contributed by atoms with Crippen LogP contribution < -0.4 is 5.73 Å². The first-order chi connectivity index (χ1) is 3.29. The van der Waals surface area contributed by atoms with Crippen molar-refractivity contribution in [2.75, 3.05) is 0 Å². The molecule has 1 aliphatic rings. The summed E-state index contributed by atoms with van der Waals surface area (Å²) in [7, 11) is 0. The Morgan fingerprint density at radius 2 is 2.57 bits per heavy atom. The Labute approximate surface area is 49.4 Å². The minimum atomic E-state index is 0.00694. The van der Waals surface area contributed by atoms with Crippen LogP contribution in [-0.2, 0) is 0 Å². The summed E-state index contributed by atoms with van der Waals surface area (Å²) in [6, 6.07) is 0. The van der Waals surface area contributed by atoms with Gasteiger partial charge in [0.1, 0.15) is 10.8 Å². The Morgan fingerprint density at radius 1 is 1.86 bits per heavy atom. The van der Waals surface area contributed by atoms with Gasteiger partial charge in [-0.25, -0.2) is 0 Å². The van der Waals surface area contributed by atoms with Gasteiger partial charge >= 0.3 is 0 Å². The Balaban J connectivity index is 2.69. The molecule has 3 nitrogen and oxygen atoms in total. The number of nitrogens with two attached hydrogens (primary N) is 1. The van der Waals surface area contributed by atoms with E-state index in [0.29, 0.717) is 5.82 Å². The van der Waals surface area contributed by atoms with Gasteiger partial charge in [-0.3, -0.25) is 0 Å². The summed E-state index contributed by atoms with van der Waals surface area (Å²) in [6.45, 7) is 0. The van der Waals surface area contributed by atoms with Crippen LogP contribution in [0.25, 0.3) is 0 Å². The Bertz CT molecular complexity index is 128. The summed E-state index contributed by atoms with van der Waals surface area (Å²) < 4.78 is 0. The van der Waals surface area contributed by atoms with Gasteiger partial charge in [-0.15, -0.1) is 5.11 Å². The number of alkyl halides is 1. The lowest BCUT2D eigenvalue weighted by Gasteiger charge is -1.78. The maximum absolute atomic E-state index is 5.20. The third kappa shape index (κ3) is 0.991. The van der Waals surface area contributed by atoms with Gasteiger partial charge < -0.3 is 5.73 Å². The number of halogens is 1. The zero-order valence-corrected chi connectivity index (χ0v) is 5.09. The summed E-state index contributed by atoms with van der Waals surface area (Å²) in [5.41, 5.74) is 5.20. The van der Waals surface area contributed by atoms with Crippen molar-refractivity contribution in [3.8, 4) is 0 Å². The van der Waals surface area contributed by atoms with Gasteiger partial charge in [-0.05, 0) is 6.08 Å². The third-order valence-electron chi connectivity index (χ3n) is 0.592. The van der Waals surface area contributed by atoms with Crippen LogP contribution in [-0.4, -0.2) is 4.95 Å². The minimum Gasteiger partial charge on any atom is -0.382 e. The van der Waals surface area contributed by atoms with E-state index >= 15 is 0 Å². The quantitative estimate of drug-likeness (QED) is 0.418. The molecule has 38 valence electrons. The lowest BCUT2D eigenvalue weighted by atomic mass is 10.6. The molecular formula is C3H4BrN3. The highest BCUT2D eigenvalue weighted by molar-refractivity contribution is 9.09. The fourth-order valence-electron chi connectivity index (χ4n) is 0.329. The van der Waals surface area contributed by atoms with Crippen molar-refractivity contribution in [2.24, 2.45) is 16.0 Å². The lowest BCUT2D eigenvalue weighted by Crippen LogP contribution is -1.88. The fourth-order valence-corrected chi connectivity index (χ4v) is 0.692. The van der Waals surface area contributed by atoms with Crippen molar-refractivity contribution in [3.05, 3.63) is 11.9 Å². The standard InChI is InChI=1S/C3H4BrN3/c4-2-1-3(5)7-6-2/h1-2H,5H2/t2-/m1/s1. The molecule has 0 amide bonds. The van der Waals surface area contributed by atoms with Gasteiger partial charge in [-0.1, -0.05) is 15.9 Å². The van der Waals surface area contributed by atoms with E-state index in [9.17, 15) is 0 Å². The predicted molar refractivity (Wildman–Crippen MR) is 29.8 cm³/mol. The maximum atomic E-state index is 5.20. The number of azo groups is 1. The molecule has 0 fully saturated rings. The van der Waals surface area contributed by atoms with Gasteiger partial charge in [0.2, 0.25) is 0 Å². The smallest absolute Gasteiger partial charge is 0.148 e. The van der Waals surface area contributed by atoms with Gasteiger partial charge in [0.15, 0.2) is 0 Å². The monoisotopic (exact) mass is 161 g/mol. The van der Waals surface area contributed by atoms with Crippen molar-refractivity contribution < 1.29 is 0 Å². The van der Waals surface area contributed by atoms with Crippen LogP contribution >= 0.6 is 15.9 Å². The number of rotatable bonds is 0. The molecule has 0 radical (unpaired) electrons. The molecule has 0 bridgehead atoms. The molecular weight excluding hydrogens is 158 g/mol. The zero-order valence-electron chi connectivity index (χ0n) is 3.50. The highest BCUT2D eigenvalue weighted by atomic mass is 79.9. The molecule has 1 heterocycles. The SMILES string of the molecule is NC1=C[C@H](Br)N=N1. The highest BCUT2D eigenvalue weighted by Crippen LogP contribution is 2.12. The van der Waals surface area contributed by atoms with E-state index in [1.807, 2.05) is 0 Å². The van der Waals surface area contributed by atoms with E-state index < -0.39 is 0 Å². The predicted octanol–water partition coefficient (Wildman–Crippen LogP) is 0.973. The van der Waals surface area contributed by atoms with E-state index in [-0.39, 0.29) is 4.95 Å². The summed E-state index contributed by atoms with van der Waals surface area (Å²) >= 11 is 3.16. The highest BCUT2D eigenvalue weighted by Gasteiger charge is 2.02. The van der Waals surface area contributed by atoms with E-state index in [1.54, 1.807) is 6.08 Å². The average molecular weight is 162 g/mol. The van der Waals surface area contributed by atoms with Crippen LogP contribution in [0, 0.1) is 0 Å². The second-order valence-electron chi connectivity index (χ2n) is 1.18. The number of hydrogen-bond donors (Lipinski definition) is 1. The molecule has 0 aliphatic carbocycles. The normalized spacial score (nSPS) is 28.1. The van der Waals surface area contributed by atoms with Crippen molar-refractivity contribution in [2.45, 2.75) is 4.95 Å². The van der Waals surface area contributed by atoms with E-state index in [0.717, 1.165) is 0 Å². The number of nitrogens with zero attached hydrogens (tertiary/aromatic N) is 2. The summed E-state index contributed by atoms with van der Waals surface area (Å²) in [5.74, 6) is 0.488.